The van der Waals surface area contributed by atoms with Crippen LogP contribution in [0.2, 0.25) is 0 Å². The van der Waals surface area contributed by atoms with Crippen LogP contribution in [0.5, 0.6) is 0 Å². The highest BCUT2D eigenvalue weighted by Crippen LogP contribution is 2.31. The van der Waals surface area contributed by atoms with Crippen LogP contribution in [-0.4, -0.2) is 68.9 Å². The number of nitrogens with one attached hydrogen (secondary N) is 1. The molecule has 1 spiro atoms. The summed E-state index contributed by atoms with van der Waals surface area (Å²) in [6.45, 7) is 1.74. The third-order valence-electron chi connectivity index (χ3n) is 5.60. The first-order chi connectivity index (χ1) is 15.0. The summed E-state index contributed by atoms with van der Waals surface area (Å²) in [7, 11) is 0.783. The summed E-state index contributed by atoms with van der Waals surface area (Å²) in [6.07, 6.45) is 0. The number of amides is 1. The van der Waals surface area contributed by atoms with E-state index < -0.39 is 10.8 Å². The van der Waals surface area contributed by atoms with Gasteiger partial charge in [-0.25, -0.2) is 4.98 Å². The van der Waals surface area contributed by atoms with Gasteiger partial charge >= 0.3 is 0 Å². The van der Waals surface area contributed by atoms with Crippen LogP contribution >= 0.6 is 0 Å². The first kappa shape index (κ1) is 19.8. The Kier molecular flexibility index (Phi) is 4.82. The molecule has 10 heteroatoms. The van der Waals surface area contributed by atoms with Gasteiger partial charge in [-0.2, -0.15) is 9.97 Å². The van der Waals surface area contributed by atoms with Crippen molar-refractivity contribution in [3.05, 3.63) is 42.0 Å². The number of morpholine rings is 1. The molecular weight excluding hydrogens is 416 g/mol. The molecule has 4 heterocycles. The Labute approximate surface area is 181 Å². The second-order valence-corrected chi connectivity index (χ2v) is 9.27. The van der Waals surface area contributed by atoms with E-state index in [1.807, 2.05) is 29.2 Å². The van der Waals surface area contributed by atoms with E-state index in [4.69, 9.17) is 15.5 Å². The normalized spacial score (nSPS) is 23.0. The Morgan fingerprint density at radius 3 is 2.84 bits per heavy atom. The molecule has 2 aromatic heterocycles. The van der Waals surface area contributed by atoms with E-state index in [2.05, 4.69) is 15.3 Å². The fourth-order valence-electron chi connectivity index (χ4n) is 4.02. The predicted octanol–water partition coefficient (Wildman–Crippen LogP) is 0.971. The number of anilines is 2. The molecule has 1 aromatic carbocycles. The number of nitrogen functional groups attached to an aromatic ring is 1. The minimum absolute atomic E-state index is 0.158. The maximum atomic E-state index is 12.0. The quantitative estimate of drug-likeness (QED) is 0.620. The Morgan fingerprint density at radius 2 is 2.06 bits per heavy atom. The first-order valence-electron chi connectivity index (χ1n) is 9.97. The fourth-order valence-corrected chi connectivity index (χ4v) is 5.46. The Hall–Kier alpha value is -3.11. The van der Waals surface area contributed by atoms with Gasteiger partial charge in [-0.05, 0) is 24.3 Å². The van der Waals surface area contributed by atoms with Gasteiger partial charge in [-0.15, -0.1) is 0 Å². The van der Waals surface area contributed by atoms with Crippen molar-refractivity contribution in [2.24, 2.45) is 0 Å². The van der Waals surface area contributed by atoms with Crippen molar-refractivity contribution in [1.82, 2.24) is 20.3 Å². The average Bonchev–Trinajstić information content (AvgIpc) is 2.77. The maximum absolute atomic E-state index is 12.0. The molecule has 9 nitrogen and oxygen atoms in total. The molecule has 0 radical (unpaired) electrons. The number of nitrogens with two attached hydrogens (primary N) is 1. The van der Waals surface area contributed by atoms with Crippen LogP contribution < -0.4 is 16.0 Å². The van der Waals surface area contributed by atoms with E-state index in [1.54, 1.807) is 19.2 Å². The van der Waals surface area contributed by atoms with Crippen molar-refractivity contribution in [2.75, 3.05) is 48.9 Å². The van der Waals surface area contributed by atoms with Gasteiger partial charge in [0.15, 0.2) is 5.65 Å². The molecule has 0 unspecified atom stereocenters. The van der Waals surface area contributed by atoms with Gasteiger partial charge in [0.25, 0.3) is 5.91 Å². The number of hydrogen-bond acceptors (Lipinski definition) is 8. The van der Waals surface area contributed by atoms with E-state index in [0.29, 0.717) is 65.3 Å². The number of carbonyl (C=O) groups is 1. The van der Waals surface area contributed by atoms with Gasteiger partial charge in [-0.3, -0.25) is 9.00 Å². The predicted molar refractivity (Wildman–Crippen MR) is 119 cm³/mol. The average molecular weight is 439 g/mol. The lowest BCUT2D eigenvalue weighted by Gasteiger charge is -2.47. The van der Waals surface area contributed by atoms with Gasteiger partial charge in [-0.1, -0.05) is 12.1 Å². The van der Waals surface area contributed by atoms with E-state index in [9.17, 15) is 9.00 Å². The maximum Gasteiger partial charge on any atom is 0.251 e. The lowest BCUT2D eigenvalue weighted by molar-refractivity contribution is -0.0313. The molecule has 3 aromatic rings. The molecule has 2 aliphatic rings. The van der Waals surface area contributed by atoms with Crippen molar-refractivity contribution >= 4 is 39.5 Å². The summed E-state index contributed by atoms with van der Waals surface area (Å²) in [6, 6.07) is 11.0. The molecule has 1 amide bonds. The monoisotopic (exact) mass is 438 g/mol. The third-order valence-corrected chi connectivity index (χ3v) is 7.30. The summed E-state index contributed by atoms with van der Waals surface area (Å²) in [5, 5.41) is 3.30. The zero-order valence-electron chi connectivity index (χ0n) is 17.0. The summed E-state index contributed by atoms with van der Waals surface area (Å²) < 4.78 is 17.5. The molecule has 5 rings (SSSR count). The van der Waals surface area contributed by atoms with E-state index in [-0.39, 0.29) is 11.5 Å². The van der Waals surface area contributed by atoms with Gasteiger partial charge in [0.2, 0.25) is 5.95 Å². The Morgan fingerprint density at radius 1 is 1.23 bits per heavy atom. The number of nitrogens with zero attached hydrogens (tertiary/aromatic N) is 4. The highest BCUT2D eigenvalue weighted by molar-refractivity contribution is 7.86. The summed E-state index contributed by atoms with van der Waals surface area (Å²) in [5.74, 6) is 1.77. The standard InChI is InChI=1S/C21H22N6O3S/c1-23-19(28)14-4-2-3-13(9-14)16-6-5-15-17(22)25-20(26-18(15)24-16)27-7-8-30-21(10-27)11-31(29)12-21/h2-6,9H,7-8,10-12H2,1H3,(H,23,28)(H2,22,24,25,26). The minimum Gasteiger partial charge on any atom is -0.383 e. The zero-order chi connectivity index (χ0) is 21.6. The lowest BCUT2D eigenvalue weighted by Crippen LogP contribution is -2.64. The molecule has 2 saturated heterocycles. The lowest BCUT2D eigenvalue weighted by atomic mass is 10.1. The number of rotatable bonds is 3. The van der Waals surface area contributed by atoms with Gasteiger partial charge in [0, 0.05) is 35.5 Å². The number of carbonyl (C=O) groups excluding carboxylic acids is 1. The van der Waals surface area contributed by atoms with Crippen LogP contribution in [0.1, 0.15) is 10.4 Å². The zero-order valence-corrected chi connectivity index (χ0v) is 17.8. The SMILES string of the molecule is CNC(=O)c1cccc(-c2ccc3c(N)nc(N4CCOC5(C4)CS(=O)C5)nc3n2)c1. The molecule has 3 N–H and O–H groups in total. The molecular formula is C21H22N6O3S. The van der Waals surface area contributed by atoms with Crippen molar-refractivity contribution in [3.8, 4) is 11.3 Å². The number of aromatic nitrogens is 3. The molecule has 2 aliphatic heterocycles. The first-order valence-corrected chi connectivity index (χ1v) is 11.5. The van der Waals surface area contributed by atoms with E-state index >= 15 is 0 Å². The summed E-state index contributed by atoms with van der Waals surface area (Å²) in [4.78, 5) is 27.9. The van der Waals surface area contributed by atoms with Crippen molar-refractivity contribution in [2.45, 2.75) is 5.60 Å². The molecule has 0 aliphatic carbocycles. The van der Waals surface area contributed by atoms with Crippen LogP contribution in [0, 0.1) is 0 Å². The van der Waals surface area contributed by atoms with Gasteiger partial charge in [0.1, 0.15) is 11.4 Å². The Bertz CT molecular complexity index is 1210. The molecule has 160 valence electrons. The van der Waals surface area contributed by atoms with Crippen molar-refractivity contribution in [3.63, 3.8) is 0 Å². The topological polar surface area (TPSA) is 123 Å². The van der Waals surface area contributed by atoms with Crippen LogP contribution in [0.15, 0.2) is 36.4 Å². The van der Waals surface area contributed by atoms with Crippen LogP contribution in [0.4, 0.5) is 11.8 Å². The second-order valence-electron chi connectivity index (χ2n) is 7.82. The third kappa shape index (κ3) is 3.61. The number of benzene rings is 1. The minimum atomic E-state index is -0.815. The van der Waals surface area contributed by atoms with E-state index in [1.165, 1.54) is 0 Å². The van der Waals surface area contributed by atoms with Crippen LogP contribution in [0.25, 0.3) is 22.3 Å². The molecule has 2 fully saturated rings. The molecule has 0 saturated carbocycles. The van der Waals surface area contributed by atoms with Gasteiger partial charge in [0.05, 0.1) is 35.7 Å². The summed E-state index contributed by atoms with van der Waals surface area (Å²) >= 11 is 0. The van der Waals surface area contributed by atoms with Gasteiger partial charge < -0.3 is 20.7 Å². The van der Waals surface area contributed by atoms with Crippen molar-refractivity contribution < 1.29 is 13.7 Å². The molecule has 0 bridgehead atoms. The Balaban J connectivity index is 1.50. The number of pyridine rings is 1. The van der Waals surface area contributed by atoms with Crippen LogP contribution in [0.3, 0.4) is 0 Å². The highest BCUT2D eigenvalue weighted by atomic mass is 32.2. The smallest absolute Gasteiger partial charge is 0.251 e. The van der Waals surface area contributed by atoms with Crippen LogP contribution in [-0.2, 0) is 15.5 Å². The van der Waals surface area contributed by atoms with Crippen molar-refractivity contribution in [1.29, 1.82) is 0 Å². The second kappa shape index (κ2) is 7.54. The highest BCUT2D eigenvalue weighted by Gasteiger charge is 2.47. The fraction of sp³-hybridized carbons (Fsp3) is 0.333. The number of hydrogen-bond donors (Lipinski definition) is 2. The molecule has 31 heavy (non-hydrogen) atoms. The number of fused-ring (bicyclic) bond motifs is 1. The van der Waals surface area contributed by atoms with E-state index in [0.717, 1.165) is 5.56 Å². The molecule has 0 atom stereocenters. The largest absolute Gasteiger partial charge is 0.383 e. The number of ether oxygens (including phenoxy) is 1. The summed E-state index contributed by atoms with van der Waals surface area (Å²) in [5.41, 5.74) is 8.38.